The summed E-state index contributed by atoms with van der Waals surface area (Å²) in [6.45, 7) is 5.90. The molecule has 1 spiro atoms. The van der Waals surface area contributed by atoms with Crippen LogP contribution in [0.4, 0.5) is 0 Å². The second kappa shape index (κ2) is 12.4. The molecule has 7 heteroatoms. The molecule has 2 aliphatic heterocycles. The lowest BCUT2D eigenvalue weighted by atomic mass is 9.73. The Hall–Kier alpha value is -3.09. The zero-order valence-corrected chi connectivity index (χ0v) is 22.5. The van der Waals surface area contributed by atoms with E-state index in [0.717, 1.165) is 44.3 Å². The average Bonchev–Trinajstić information content (AvgIpc) is 2.92. The van der Waals surface area contributed by atoms with Crippen LogP contribution in [-0.4, -0.2) is 54.5 Å². The zero-order chi connectivity index (χ0) is 26.3. The molecule has 0 aliphatic carbocycles. The Morgan fingerprint density at radius 2 is 1.92 bits per heavy atom. The van der Waals surface area contributed by atoms with E-state index in [1.54, 1.807) is 18.3 Å². The molecule has 4 rings (SSSR count). The van der Waals surface area contributed by atoms with Crippen molar-refractivity contribution in [3.63, 3.8) is 0 Å². The van der Waals surface area contributed by atoms with Gasteiger partial charge in [-0.1, -0.05) is 44.9 Å². The maximum Gasteiger partial charge on any atom is 0.259 e. The summed E-state index contributed by atoms with van der Waals surface area (Å²) in [5.74, 6) is 1.72. The number of fused-ring (bicyclic) bond motifs is 1. The molecular weight excluding hydrogens is 466 g/mol. The standard InChI is InChI=1S/C30H41N3O4/c1-22(2)20-24-21-37-26-13-7-6-11-23(26)10-5-4-8-14-30(29(35)32-24)15-18-33(19-16-30)28(34)25-12-9-17-31-27(25)36-3/h6-7,9,11-13,17,22,24H,4-5,8,10,14-16,18-21H2,1-3H3,(H,32,35)/t24-/m0/s1. The van der Waals surface area contributed by atoms with Gasteiger partial charge in [0.05, 0.1) is 18.6 Å². The molecule has 37 heavy (non-hydrogen) atoms. The Bertz CT molecular complexity index is 1060. The molecule has 1 fully saturated rings. The molecule has 1 atom stereocenters. The minimum atomic E-state index is -0.466. The van der Waals surface area contributed by atoms with Crippen LogP contribution in [0.3, 0.4) is 0 Å². The summed E-state index contributed by atoms with van der Waals surface area (Å²) < 4.78 is 11.6. The number of ether oxygens (including phenoxy) is 2. The van der Waals surface area contributed by atoms with Gasteiger partial charge in [-0.2, -0.15) is 0 Å². The normalized spacial score (nSPS) is 20.6. The smallest absolute Gasteiger partial charge is 0.259 e. The third-order valence-corrected chi connectivity index (χ3v) is 7.79. The number of nitrogens with one attached hydrogen (secondary N) is 1. The van der Waals surface area contributed by atoms with Gasteiger partial charge in [-0.15, -0.1) is 0 Å². The Kier molecular flexibility index (Phi) is 9.06. The van der Waals surface area contributed by atoms with Crippen LogP contribution in [0.25, 0.3) is 0 Å². The number of piperidine rings is 1. The predicted octanol–water partition coefficient (Wildman–Crippen LogP) is 5.04. The maximum absolute atomic E-state index is 13.9. The SMILES string of the molecule is COc1ncccc1C(=O)N1CCC2(CCCCCc3ccccc3OC[C@H](CC(C)C)NC2=O)CC1. The molecule has 1 N–H and O–H groups in total. The number of amides is 2. The highest BCUT2D eigenvalue weighted by Crippen LogP contribution is 2.38. The molecule has 2 aromatic rings. The van der Waals surface area contributed by atoms with Crippen LogP contribution in [0.2, 0.25) is 0 Å². The van der Waals surface area contributed by atoms with Crippen molar-refractivity contribution >= 4 is 11.8 Å². The number of carbonyl (C=O) groups is 2. The molecule has 2 aliphatic rings. The number of benzene rings is 1. The van der Waals surface area contributed by atoms with Crippen LogP contribution in [0.1, 0.15) is 74.7 Å². The van der Waals surface area contributed by atoms with Crippen LogP contribution in [0.5, 0.6) is 11.6 Å². The largest absolute Gasteiger partial charge is 0.491 e. The Morgan fingerprint density at radius 3 is 2.68 bits per heavy atom. The Labute approximate surface area is 220 Å². The van der Waals surface area contributed by atoms with Gasteiger partial charge in [0.25, 0.3) is 5.91 Å². The van der Waals surface area contributed by atoms with E-state index in [1.807, 2.05) is 17.0 Å². The van der Waals surface area contributed by atoms with Gasteiger partial charge in [-0.3, -0.25) is 9.59 Å². The quantitative estimate of drug-likeness (QED) is 0.627. The van der Waals surface area contributed by atoms with Gasteiger partial charge in [0.1, 0.15) is 17.9 Å². The van der Waals surface area contributed by atoms with Gasteiger partial charge in [0, 0.05) is 19.3 Å². The highest BCUT2D eigenvalue weighted by atomic mass is 16.5. The molecule has 2 amide bonds. The average molecular weight is 508 g/mol. The number of hydrogen-bond donors (Lipinski definition) is 1. The number of methoxy groups -OCH3 is 1. The molecule has 1 aromatic carbocycles. The molecule has 0 radical (unpaired) electrons. The highest BCUT2D eigenvalue weighted by molar-refractivity contribution is 5.96. The van der Waals surface area contributed by atoms with Crippen LogP contribution in [0.15, 0.2) is 42.6 Å². The fraction of sp³-hybridized carbons (Fsp3) is 0.567. The number of hydrogen-bond acceptors (Lipinski definition) is 5. The van der Waals surface area contributed by atoms with E-state index in [1.165, 1.54) is 12.7 Å². The lowest BCUT2D eigenvalue weighted by molar-refractivity contribution is -0.135. The van der Waals surface area contributed by atoms with Crippen molar-refractivity contribution in [1.82, 2.24) is 15.2 Å². The Balaban J connectivity index is 1.50. The minimum absolute atomic E-state index is 0.0579. The second-order valence-electron chi connectivity index (χ2n) is 10.9. The molecule has 1 aromatic heterocycles. The number of pyridine rings is 1. The van der Waals surface area contributed by atoms with E-state index in [4.69, 9.17) is 9.47 Å². The zero-order valence-electron chi connectivity index (χ0n) is 22.5. The molecule has 7 nitrogen and oxygen atoms in total. The van der Waals surface area contributed by atoms with E-state index in [0.29, 0.717) is 49.9 Å². The monoisotopic (exact) mass is 507 g/mol. The number of rotatable bonds is 4. The fourth-order valence-electron chi connectivity index (χ4n) is 5.69. The summed E-state index contributed by atoms with van der Waals surface area (Å²) in [4.78, 5) is 33.1. The lowest BCUT2D eigenvalue weighted by Gasteiger charge is -2.41. The number of carbonyl (C=O) groups excluding carboxylic acids is 2. The van der Waals surface area contributed by atoms with E-state index >= 15 is 0 Å². The highest BCUT2D eigenvalue weighted by Gasteiger charge is 2.42. The van der Waals surface area contributed by atoms with E-state index in [2.05, 4.69) is 36.3 Å². The van der Waals surface area contributed by atoms with Gasteiger partial charge in [0.15, 0.2) is 0 Å². The number of nitrogens with zero attached hydrogens (tertiary/aromatic N) is 2. The van der Waals surface area contributed by atoms with E-state index < -0.39 is 5.41 Å². The molecule has 3 heterocycles. The first-order valence-corrected chi connectivity index (χ1v) is 13.7. The van der Waals surface area contributed by atoms with Gasteiger partial charge < -0.3 is 19.7 Å². The molecule has 0 unspecified atom stereocenters. The van der Waals surface area contributed by atoms with Crippen LogP contribution >= 0.6 is 0 Å². The number of para-hydroxylation sites is 1. The molecule has 200 valence electrons. The van der Waals surface area contributed by atoms with Crippen molar-refractivity contribution in [1.29, 1.82) is 0 Å². The minimum Gasteiger partial charge on any atom is -0.491 e. The topological polar surface area (TPSA) is 80.8 Å². The first-order valence-electron chi connectivity index (χ1n) is 13.7. The summed E-state index contributed by atoms with van der Waals surface area (Å²) >= 11 is 0. The van der Waals surface area contributed by atoms with E-state index in [9.17, 15) is 9.59 Å². The maximum atomic E-state index is 13.9. The van der Waals surface area contributed by atoms with Gasteiger partial charge >= 0.3 is 0 Å². The Morgan fingerprint density at radius 1 is 1.14 bits per heavy atom. The van der Waals surface area contributed by atoms with Gasteiger partial charge in [0.2, 0.25) is 11.8 Å². The van der Waals surface area contributed by atoms with Crippen molar-refractivity contribution < 1.29 is 19.1 Å². The molecule has 1 saturated heterocycles. The fourth-order valence-corrected chi connectivity index (χ4v) is 5.69. The number of likely N-dealkylation sites (tertiary alicyclic amines) is 1. The first-order chi connectivity index (χ1) is 17.9. The van der Waals surface area contributed by atoms with Crippen LogP contribution in [-0.2, 0) is 11.2 Å². The third-order valence-electron chi connectivity index (χ3n) is 7.79. The molecular formula is C30H41N3O4. The predicted molar refractivity (Wildman–Crippen MR) is 144 cm³/mol. The molecule has 0 saturated carbocycles. The summed E-state index contributed by atoms with van der Waals surface area (Å²) in [5.41, 5.74) is 1.24. The van der Waals surface area contributed by atoms with Crippen molar-refractivity contribution in [3.05, 3.63) is 53.7 Å². The van der Waals surface area contributed by atoms with E-state index in [-0.39, 0.29) is 17.9 Å². The third kappa shape index (κ3) is 6.62. The summed E-state index contributed by atoms with van der Waals surface area (Å²) in [5, 5.41) is 3.37. The number of aryl methyl sites for hydroxylation is 1. The van der Waals surface area contributed by atoms with Crippen molar-refractivity contribution in [3.8, 4) is 11.6 Å². The first kappa shape index (κ1) is 27.0. The summed E-state index contributed by atoms with van der Waals surface area (Å²) in [6.07, 6.45) is 8.74. The van der Waals surface area contributed by atoms with Crippen LogP contribution < -0.4 is 14.8 Å². The summed E-state index contributed by atoms with van der Waals surface area (Å²) in [7, 11) is 1.53. The summed E-state index contributed by atoms with van der Waals surface area (Å²) in [6, 6.07) is 11.7. The van der Waals surface area contributed by atoms with Gasteiger partial charge in [-0.25, -0.2) is 4.98 Å². The van der Waals surface area contributed by atoms with Crippen molar-refractivity contribution in [2.24, 2.45) is 11.3 Å². The number of aromatic nitrogens is 1. The second-order valence-corrected chi connectivity index (χ2v) is 10.9. The van der Waals surface area contributed by atoms with Crippen molar-refractivity contribution in [2.75, 3.05) is 26.8 Å². The van der Waals surface area contributed by atoms with Crippen LogP contribution in [0, 0.1) is 11.3 Å². The van der Waals surface area contributed by atoms with Crippen molar-refractivity contribution in [2.45, 2.75) is 71.3 Å². The molecule has 0 bridgehead atoms. The van der Waals surface area contributed by atoms with Gasteiger partial charge in [-0.05, 0) is 68.2 Å². The lowest BCUT2D eigenvalue weighted by Crippen LogP contribution is -2.53.